The summed E-state index contributed by atoms with van der Waals surface area (Å²) in [6, 6.07) is 4.44. The molecule has 0 aliphatic heterocycles. The van der Waals surface area contributed by atoms with Gasteiger partial charge in [-0.05, 0) is 37.9 Å². The van der Waals surface area contributed by atoms with E-state index >= 15 is 0 Å². The highest BCUT2D eigenvalue weighted by atomic mass is 32.1. The molecule has 0 aromatic carbocycles. The number of aryl methyl sites for hydroxylation is 2. The third-order valence-corrected chi connectivity index (χ3v) is 4.51. The van der Waals surface area contributed by atoms with Crippen LogP contribution in [0.4, 0.5) is 0 Å². The number of thiophene rings is 1. The van der Waals surface area contributed by atoms with Crippen LogP contribution >= 0.6 is 11.3 Å². The van der Waals surface area contributed by atoms with Crippen molar-refractivity contribution >= 4 is 11.3 Å². The van der Waals surface area contributed by atoms with Gasteiger partial charge in [-0.1, -0.05) is 20.8 Å². The van der Waals surface area contributed by atoms with Crippen LogP contribution in [0.1, 0.15) is 41.8 Å². The average Bonchev–Trinajstić information content (AvgIpc) is 2.97. The van der Waals surface area contributed by atoms with Crippen molar-refractivity contribution in [1.82, 2.24) is 15.1 Å². The maximum Gasteiger partial charge on any atom is 0.0752 e. The summed E-state index contributed by atoms with van der Waals surface area (Å²) in [6.07, 6.45) is 3.29. The highest BCUT2D eigenvalue weighted by Crippen LogP contribution is 2.18. The van der Waals surface area contributed by atoms with Crippen molar-refractivity contribution in [2.24, 2.45) is 5.92 Å². The Morgan fingerprint density at radius 2 is 2.05 bits per heavy atom. The topological polar surface area (TPSA) is 29.9 Å². The molecule has 0 fully saturated rings. The van der Waals surface area contributed by atoms with Gasteiger partial charge in [0, 0.05) is 28.1 Å². The summed E-state index contributed by atoms with van der Waals surface area (Å²) in [7, 11) is 0. The van der Waals surface area contributed by atoms with Gasteiger partial charge in [0.1, 0.15) is 0 Å². The van der Waals surface area contributed by atoms with Gasteiger partial charge >= 0.3 is 0 Å². The highest BCUT2D eigenvalue weighted by Gasteiger charge is 2.06. The molecule has 0 saturated carbocycles. The van der Waals surface area contributed by atoms with Crippen LogP contribution in [-0.2, 0) is 19.5 Å². The lowest BCUT2D eigenvalue weighted by Crippen LogP contribution is -2.19. The molecule has 1 N–H and O–H groups in total. The molecule has 2 aromatic heterocycles. The van der Waals surface area contributed by atoms with Crippen molar-refractivity contribution in [2.45, 2.75) is 47.2 Å². The SMILES string of the molecule is CCc1ccc(Cn2cc(CNCC(C)C)c(C)n2)s1. The zero-order valence-electron chi connectivity index (χ0n) is 12.9. The number of rotatable bonds is 7. The Bertz CT molecular complexity index is 540. The standard InChI is InChI=1S/C16H25N3S/c1-5-15-6-7-16(20-15)11-19-10-14(13(4)18-19)9-17-8-12(2)3/h6-7,10,12,17H,5,8-9,11H2,1-4H3. The van der Waals surface area contributed by atoms with Crippen molar-refractivity contribution in [1.29, 1.82) is 0 Å². The van der Waals surface area contributed by atoms with E-state index in [0.717, 1.165) is 31.7 Å². The van der Waals surface area contributed by atoms with Crippen LogP contribution in [0.15, 0.2) is 18.3 Å². The number of nitrogens with zero attached hydrogens (tertiary/aromatic N) is 2. The lowest BCUT2D eigenvalue weighted by Gasteiger charge is -2.05. The van der Waals surface area contributed by atoms with Crippen molar-refractivity contribution < 1.29 is 0 Å². The van der Waals surface area contributed by atoms with Gasteiger partial charge in [-0.2, -0.15) is 5.10 Å². The van der Waals surface area contributed by atoms with Gasteiger partial charge < -0.3 is 5.32 Å². The Morgan fingerprint density at radius 3 is 2.70 bits per heavy atom. The Morgan fingerprint density at radius 1 is 1.30 bits per heavy atom. The maximum absolute atomic E-state index is 4.62. The Labute approximate surface area is 126 Å². The Hall–Kier alpha value is -1.13. The molecule has 0 aliphatic rings. The Kier molecular flexibility index (Phi) is 5.38. The van der Waals surface area contributed by atoms with Crippen LogP contribution in [0.2, 0.25) is 0 Å². The molecule has 0 atom stereocenters. The van der Waals surface area contributed by atoms with Gasteiger partial charge in [-0.3, -0.25) is 4.68 Å². The average molecular weight is 291 g/mol. The minimum atomic E-state index is 0.684. The molecule has 0 spiro atoms. The first-order valence-corrected chi connectivity index (χ1v) is 8.21. The molecular formula is C16H25N3S. The predicted molar refractivity (Wildman–Crippen MR) is 86.3 cm³/mol. The second-order valence-electron chi connectivity index (χ2n) is 5.68. The van der Waals surface area contributed by atoms with Crippen molar-refractivity contribution in [3.05, 3.63) is 39.3 Å². The van der Waals surface area contributed by atoms with Gasteiger partial charge in [0.25, 0.3) is 0 Å². The number of aromatic nitrogens is 2. The molecule has 0 radical (unpaired) electrons. The molecule has 110 valence electrons. The van der Waals surface area contributed by atoms with E-state index in [4.69, 9.17) is 0 Å². The van der Waals surface area contributed by atoms with Gasteiger partial charge in [0.15, 0.2) is 0 Å². The van der Waals surface area contributed by atoms with Crippen molar-refractivity contribution in [3.8, 4) is 0 Å². The van der Waals surface area contributed by atoms with E-state index < -0.39 is 0 Å². The van der Waals surface area contributed by atoms with Crippen LogP contribution in [0.5, 0.6) is 0 Å². The normalized spacial score (nSPS) is 11.4. The molecular weight excluding hydrogens is 266 g/mol. The van der Waals surface area contributed by atoms with E-state index in [1.807, 2.05) is 11.3 Å². The van der Waals surface area contributed by atoms with Crippen LogP contribution in [0.3, 0.4) is 0 Å². The largest absolute Gasteiger partial charge is 0.312 e. The van der Waals surface area contributed by atoms with Crippen LogP contribution in [-0.4, -0.2) is 16.3 Å². The third kappa shape index (κ3) is 4.18. The fraction of sp³-hybridized carbons (Fsp3) is 0.562. The molecule has 4 heteroatoms. The highest BCUT2D eigenvalue weighted by molar-refractivity contribution is 7.11. The first-order chi connectivity index (χ1) is 9.58. The molecule has 2 heterocycles. The maximum atomic E-state index is 4.62. The van der Waals surface area contributed by atoms with E-state index in [0.29, 0.717) is 5.92 Å². The molecule has 0 amide bonds. The number of hydrogen-bond donors (Lipinski definition) is 1. The fourth-order valence-corrected chi connectivity index (χ4v) is 3.12. The fourth-order valence-electron chi connectivity index (χ4n) is 2.17. The van der Waals surface area contributed by atoms with Crippen molar-refractivity contribution in [3.63, 3.8) is 0 Å². The third-order valence-electron chi connectivity index (χ3n) is 3.30. The number of nitrogens with one attached hydrogen (secondary N) is 1. The molecule has 0 aliphatic carbocycles. The summed E-state index contributed by atoms with van der Waals surface area (Å²) >= 11 is 1.89. The van der Waals surface area contributed by atoms with Crippen LogP contribution < -0.4 is 5.32 Å². The van der Waals surface area contributed by atoms with Gasteiger partial charge in [0.05, 0.1) is 12.2 Å². The first-order valence-electron chi connectivity index (χ1n) is 7.39. The minimum Gasteiger partial charge on any atom is -0.312 e. The summed E-state index contributed by atoms with van der Waals surface area (Å²) < 4.78 is 2.06. The van der Waals surface area contributed by atoms with E-state index in [2.05, 4.69) is 61.1 Å². The lowest BCUT2D eigenvalue weighted by atomic mass is 10.2. The van der Waals surface area contributed by atoms with Gasteiger partial charge in [0.2, 0.25) is 0 Å². The van der Waals surface area contributed by atoms with E-state index in [9.17, 15) is 0 Å². The van der Waals surface area contributed by atoms with E-state index in [-0.39, 0.29) is 0 Å². The zero-order valence-corrected chi connectivity index (χ0v) is 13.8. The zero-order chi connectivity index (χ0) is 14.5. The Balaban J connectivity index is 1.96. The molecule has 0 unspecified atom stereocenters. The summed E-state index contributed by atoms with van der Waals surface area (Å²) in [5.41, 5.74) is 2.44. The second-order valence-corrected chi connectivity index (χ2v) is 6.94. The molecule has 2 aromatic rings. The van der Waals surface area contributed by atoms with Gasteiger partial charge in [-0.25, -0.2) is 0 Å². The molecule has 2 rings (SSSR count). The van der Waals surface area contributed by atoms with E-state index in [1.165, 1.54) is 15.3 Å². The first kappa shape index (κ1) is 15.3. The molecule has 0 saturated heterocycles. The molecule has 3 nitrogen and oxygen atoms in total. The molecule has 0 bridgehead atoms. The monoisotopic (exact) mass is 291 g/mol. The van der Waals surface area contributed by atoms with E-state index in [1.54, 1.807) is 0 Å². The summed E-state index contributed by atoms with van der Waals surface area (Å²) in [4.78, 5) is 2.83. The predicted octanol–water partition coefficient (Wildman–Crippen LogP) is 3.61. The second kappa shape index (κ2) is 7.04. The lowest BCUT2D eigenvalue weighted by molar-refractivity contribution is 0.551. The smallest absolute Gasteiger partial charge is 0.0752 e. The molecule has 20 heavy (non-hydrogen) atoms. The minimum absolute atomic E-state index is 0.684. The number of hydrogen-bond acceptors (Lipinski definition) is 3. The van der Waals surface area contributed by atoms with Gasteiger partial charge in [-0.15, -0.1) is 11.3 Å². The van der Waals surface area contributed by atoms with Crippen molar-refractivity contribution in [2.75, 3.05) is 6.54 Å². The van der Waals surface area contributed by atoms with Crippen LogP contribution in [0.25, 0.3) is 0 Å². The quantitative estimate of drug-likeness (QED) is 0.844. The summed E-state index contributed by atoms with van der Waals surface area (Å²) in [5, 5.41) is 8.10. The summed E-state index contributed by atoms with van der Waals surface area (Å²) in [6.45, 7) is 11.6. The summed E-state index contributed by atoms with van der Waals surface area (Å²) in [5.74, 6) is 0.684. The van der Waals surface area contributed by atoms with Crippen LogP contribution in [0, 0.1) is 12.8 Å².